The number of allylic oxidation sites excluding steroid dienone is 3. The number of H-pyrrole nitrogens is 1. The van der Waals surface area contributed by atoms with Crippen molar-refractivity contribution < 1.29 is 19.0 Å². The Balaban J connectivity index is 1.34. The molecule has 1 unspecified atom stereocenters. The van der Waals surface area contributed by atoms with Gasteiger partial charge in [-0.25, -0.2) is 0 Å². The minimum Gasteiger partial charge on any atom is -0.490 e. The van der Waals surface area contributed by atoms with Gasteiger partial charge >= 0.3 is 0 Å². The van der Waals surface area contributed by atoms with Crippen molar-refractivity contribution in [3.8, 4) is 17.2 Å². The van der Waals surface area contributed by atoms with Crippen LogP contribution in [0.1, 0.15) is 55.9 Å². The molecule has 9 heteroatoms. The predicted octanol–water partition coefficient (Wildman–Crippen LogP) is 5.04. The molecule has 9 nitrogen and oxygen atoms in total. The third-order valence-corrected chi connectivity index (χ3v) is 5.42. The summed E-state index contributed by atoms with van der Waals surface area (Å²) in [6, 6.07) is 12.3. The standard InChI is InChI=1S/C26H29N5O4/c1-17(2)6-4-7-18(3)14-15-33-20-12-10-19(11-13-20)26(32)27-21-8-5-9-22-24(21)35-23(16-34-22)25-28-30-31-29-25/h5-6,8-14,23H,4,7,15-16H2,1-3H3,(H,27,32)(H,28,29,30,31). The number of rotatable bonds is 9. The van der Waals surface area contributed by atoms with Gasteiger partial charge in [0.1, 0.15) is 19.0 Å². The van der Waals surface area contributed by atoms with Gasteiger partial charge in [0.05, 0.1) is 5.69 Å². The highest BCUT2D eigenvalue weighted by Crippen LogP contribution is 2.41. The van der Waals surface area contributed by atoms with Crippen LogP contribution >= 0.6 is 0 Å². The number of benzene rings is 2. The van der Waals surface area contributed by atoms with Crippen LogP contribution in [-0.2, 0) is 0 Å². The van der Waals surface area contributed by atoms with Gasteiger partial charge in [0.25, 0.3) is 5.91 Å². The number of anilines is 1. The molecule has 1 atom stereocenters. The van der Waals surface area contributed by atoms with Gasteiger partial charge in [-0.3, -0.25) is 4.79 Å². The maximum Gasteiger partial charge on any atom is 0.255 e. The SMILES string of the molecule is CC(C)=CCCC(C)=CCOc1ccc(C(=O)Nc2cccc3c2OC(c2nn[nH]n2)CO3)cc1. The zero-order valence-corrected chi connectivity index (χ0v) is 20.1. The van der Waals surface area contributed by atoms with Crippen molar-refractivity contribution in [1.82, 2.24) is 20.6 Å². The average molecular weight is 476 g/mol. The number of ether oxygens (including phenoxy) is 3. The number of amides is 1. The third kappa shape index (κ3) is 6.47. The van der Waals surface area contributed by atoms with Crippen molar-refractivity contribution >= 4 is 11.6 Å². The second-order valence-electron chi connectivity index (χ2n) is 8.48. The van der Waals surface area contributed by atoms with Gasteiger partial charge < -0.3 is 19.5 Å². The number of carbonyl (C=O) groups excluding carboxylic acids is 1. The lowest BCUT2D eigenvalue weighted by Crippen LogP contribution is -2.24. The highest BCUT2D eigenvalue weighted by Gasteiger charge is 2.28. The Kier molecular flexibility index (Phi) is 7.77. The van der Waals surface area contributed by atoms with E-state index in [1.807, 2.05) is 0 Å². The summed E-state index contributed by atoms with van der Waals surface area (Å²) in [6.07, 6.45) is 5.84. The molecule has 35 heavy (non-hydrogen) atoms. The van der Waals surface area contributed by atoms with Crippen LogP contribution in [0.15, 0.2) is 65.8 Å². The molecule has 2 N–H and O–H groups in total. The third-order valence-electron chi connectivity index (χ3n) is 5.42. The Morgan fingerprint density at radius 3 is 2.74 bits per heavy atom. The van der Waals surface area contributed by atoms with Crippen molar-refractivity contribution in [2.24, 2.45) is 0 Å². The first kappa shape index (κ1) is 24.0. The van der Waals surface area contributed by atoms with Crippen LogP contribution < -0.4 is 19.5 Å². The maximum atomic E-state index is 12.9. The molecule has 1 aliphatic heterocycles. The van der Waals surface area contributed by atoms with Crippen LogP contribution in [0, 0.1) is 0 Å². The summed E-state index contributed by atoms with van der Waals surface area (Å²) in [5.41, 5.74) is 3.61. The molecule has 1 aromatic heterocycles. The molecular formula is C26H29N5O4. The maximum absolute atomic E-state index is 12.9. The van der Waals surface area contributed by atoms with E-state index in [2.05, 4.69) is 58.9 Å². The lowest BCUT2D eigenvalue weighted by atomic mass is 10.1. The fraction of sp³-hybridized carbons (Fsp3) is 0.308. The van der Waals surface area contributed by atoms with Crippen LogP contribution in [0.5, 0.6) is 17.2 Å². The Bertz CT molecular complexity index is 1200. The summed E-state index contributed by atoms with van der Waals surface area (Å²) in [5.74, 6) is 1.77. The van der Waals surface area contributed by atoms with Gasteiger partial charge in [-0.05, 0) is 76.1 Å². The lowest BCUT2D eigenvalue weighted by Gasteiger charge is -2.26. The molecule has 1 amide bonds. The van der Waals surface area contributed by atoms with E-state index in [1.54, 1.807) is 42.5 Å². The molecule has 0 bridgehead atoms. The predicted molar refractivity (Wildman–Crippen MR) is 132 cm³/mol. The van der Waals surface area contributed by atoms with E-state index in [1.165, 1.54) is 11.1 Å². The van der Waals surface area contributed by atoms with E-state index < -0.39 is 6.10 Å². The minimum atomic E-state index is -0.527. The summed E-state index contributed by atoms with van der Waals surface area (Å²) < 4.78 is 17.6. The summed E-state index contributed by atoms with van der Waals surface area (Å²) in [7, 11) is 0. The van der Waals surface area contributed by atoms with Crippen molar-refractivity contribution in [3.05, 3.63) is 77.2 Å². The largest absolute Gasteiger partial charge is 0.490 e. The van der Waals surface area contributed by atoms with Crippen LogP contribution in [0.3, 0.4) is 0 Å². The number of hydrogen-bond donors (Lipinski definition) is 2. The van der Waals surface area contributed by atoms with Crippen molar-refractivity contribution in [3.63, 3.8) is 0 Å². The number of fused-ring (bicyclic) bond motifs is 1. The van der Waals surface area contributed by atoms with E-state index >= 15 is 0 Å². The molecule has 2 aromatic carbocycles. The quantitative estimate of drug-likeness (QED) is 0.417. The van der Waals surface area contributed by atoms with Crippen LogP contribution in [0.4, 0.5) is 5.69 Å². The molecule has 0 fully saturated rings. The number of para-hydroxylation sites is 1. The first-order valence-corrected chi connectivity index (χ1v) is 11.5. The smallest absolute Gasteiger partial charge is 0.255 e. The normalized spacial score (nSPS) is 14.8. The molecule has 1 aliphatic rings. The second-order valence-corrected chi connectivity index (χ2v) is 8.48. The second kappa shape index (κ2) is 11.3. The molecule has 3 aromatic rings. The Hall–Kier alpha value is -4.14. The fourth-order valence-corrected chi connectivity index (χ4v) is 3.49. The fourth-order valence-electron chi connectivity index (χ4n) is 3.49. The summed E-state index contributed by atoms with van der Waals surface area (Å²) in [6.45, 7) is 7.05. The summed E-state index contributed by atoms with van der Waals surface area (Å²) in [5, 5.41) is 16.8. The zero-order chi connectivity index (χ0) is 24.6. The first-order chi connectivity index (χ1) is 17.0. The van der Waals surface area contributed by atoms with Crippen molar-refractivity contribution in [2.75, 3.05) is 18.5 Å². The number of aromatic amines is 1. The highest BCUT2D eigenvalue weighted by molar-refractivity contribution is 6.05. The average Bonchev–Trinajstić information content (AvgIpc) is 3.39. The highest BCUT2D eigenvalue weighted by atomic mass is 16.6. The molecule has 0 spiro atoms. The van der Waals surface area contributed by atoms with E-state index in [0.717, 1.165) is 12.8 Å². The van der Waals surface area contributed by atoms with Gasteiger partial charge in [-0.15, -0.1) is 10.2 Å². The Labute approximate surface area is 204 Å². The van der Waals surface area contributed by atoms with Crippen LogP contribution in [0.25, 0.3) is 0 Å². The van der Waals surface area contributed by atoms with Gasteiger partial charge in [-0.1, -0.05) is 28.5 Å². The number of hydrogen-bond acceptors (Lipinski definition) is 7. The van der Waals surface area contributed by atoms with Gasteiger partial charge in [0.2, 0.25) is 5.82 Å². The molecule has 2 heterocycles. The molecule has 0 saturated carbocycles. The molecule has 182 valence electrons. The molecule has 4 rings (SSSR count). The van der Waals surface area contributed by atoms with Crippen molar-refractivity contribution in [1.29, 1.82) is 0 Å². The Morgan fingerprint density at radius 1 is 1.17 bits per heavy atom. The van der Waals surface area contributed by atoms with E-state index in [-0.39, 0.29) is 12.5 Å². The van der Waals surface area contributed by atoms with Crippen LogP contribution in [-0.4, -0.2) is 39.7 Å². The van der Waals surface area contributed by atoms with E-state index in [4.69, 9.17) is 14.2 Å². The Morgan fingerprint density at radius 2 is 2.00 bits per heavy atom. The minimum absolute atomic E-state index is 0.246. The molecular weight excluding hydrogens is 446 g/mol. The van der Waals surface area contributed by atoms with E-state index in [9.17, 15) is 4.79 Å². The summed E-state index contributed by atoms with van der Waals surface area (Å²) >= 11 is 0. The van der Waals surface area contributed by atoms with E-state index in [0.29, 0.717) is 40.9 Å². The number of carbonyl (C=O) groups is 1. The lowest BCUT2D eigenvalue weighted by molar-refractivity contribution is 0.0856. The monoisotopic (exact) mass is 475 g/mol. The number of aromatic nitrogens is 4. The van der Waals surface area contributed by atoms with Crippen molar-refractivity contribution in [2.45, 2.75) is 39.7 Å². The van der Waals surface area contributed by atoms with Crippen LogP contribution in [0.2, 0.25) is 0 Å². The number of nitrogens with zero attached hydrogens (tertiary/aromatic N) is 3. The number of nitrogens with one attached hydrogen (secondary N) is 2. The molecule has 0 radical (unpaired) electrons. The zero-order valence-electron chi connectivity index (χ0n) is 20.1. The summed E-state index contributed by atoms with van der Waals surface area (Å²) in [4.78, 5) is 12.9. The topological polar surface area (TPSA) is 111 Å². The van der Waals surface area contributed by atoms with Gasteiger partial charge in [0.15, 0.2) is 17.6 Å². The molecule has 0 saturated heterocycles. The van der Waals surface area contributed by atoms with Gasteiger partial charge in [-0.2, -0.15) is 5.21 Å². The molecule has 0 aliphatic carbocycles. The van der Waals surface area contributed by atoms with Gasteiger partial charge in [0, 0.05) is 5.56 Å². The number of tetrazole rings is 1. The first-order valence-electron chi connectivity index (χ1n) is 11.5.